The molecule has 2 aromatic rings. The van der Waals surface area contributed by atoms with Crippen LogP contribution in [-0.2, 0) is 30.3 Å². The lowest BCUT2D eigenvalue weighted by Crippen LogP contribution is -2.62. The maximum Gasteiger partial charge on any atom is 0.306 e. The van der Waals surface area contributed by atoms with Crippen LogP contribution in [0.25, 0.3) is 0 Å². The largest absolute Gasteiger partial charge is 0.461 e. The number of aliphatic hydroxyl groups is 1. The first kappa shape index (κ1) is 26.4. The lowest BCUT2D eigenvalue weighted by Gasteiger charge is -2.43. The first-order valence-corrected chi connectivity index (χ1v) is 12.1. The molecule has 5 atom stereocenters. The molecule has 0 spiro atoms. The van der Waals surface area contributed by atoms with E-state index in [9.17, 15) is 9.90 Å². The third-order valence-electron chi connectivity index (χ3n) is 5.21. The van der Waals surface area contributed by atoms with Crippen LogP contribution < -0.4 is 4.74 Å². The molecule has 1 N–H and O–H groups in total. The average molecular weight is 535 g/mol. The Balaban J connectivity index is 1.78. The molecule has 34 heavy (non-hydrogen) atoms. The summed E-state index contributed by atoms with van der Waals surface area (Å²) in [6.07, 6.45) is -2.33. The van der Waals surface area contributed by atoms with Crippen molar-refractivity contribution in [2.75, 3.05) is 13.2 Å². The van der Waals surface area contributed by atoms with Gasteiger partial charge in [0, 0.05) is 10.9 Å². The summed E-state index contributed by atoms with van der Waals surface area (Å²) in [7, 11) is 0. The summed E-state index contributed by atoms with van der Waals surface area (Å²) in [6.45, 7) is 6.18. The Bertz CT molecular complexity index is 890. The molecule has 0 amide bonds. The van der Waals surface area contributed by atoms with Gasteiger partial charge in [0.1, 0.15) is 24.1 Å². The monoisotopic (exact) mass is 534 g/mol. The van der Waals surface area contributed by atoms with Crippen molar-refractivity contribution < 1.29 is 33.6 Å². The second kappa shape index (κ2) is 13.6. The molecule has 0 radical (unpaired) electrons. The Morgan fingerprint density at radius 3 is 2.56 bits per heavy atom. The molecule has 1 saturated heterocycles. The molecule has 184 valence electrons. The first-order chi connectivity index (χ1) is 16.5. The van der Waals surface area contributed by atoms with Gasteiger partial charge >= 0.3 is 5.97 Å². The molecular formula is C26H31BrO7. The minimum atomic E-state index is -1.11. The average Bonchev–Trinajstić information content (AvgIpc) is 2.83. The summed E-state index contributed by atoms with van der Waals surface area (Å²) < 4.78 is 30.4. The van der Waals surface area contributed by atoms with Gasteiger partial charge in [0.15, 0.2) is 6.10 Å². The second-order valence-corrected chi connectivity index (χ2v) is 8.81. The number of carbonyl (C=O) groups excluding carboxylic acids is 1. The van der Waals surface area contributed by atoms with Crippen LogP contribution in [0.1, 0.15) is 25.3 Å². The van der Waals surface area contributed by atoms with Crippen LogP contribution in [0, 0.1) is 0 Å². The van der Waals surface area contributed by atoms with E-state index in [2.05, 4.69) is 22.5 Å². The van der Waals surface area contributed by atoms with E-state index in [1.54, 1.807) is 18.2 Å². The fourth-order valence-corrected chi connectivity index (χ4v) is 3.81. The molecule has 2 aromatic carbocycles. The van der Waals surface area contributed by atoms with Crippen molar-refractivity contribution >= 4 is 21.9 Å². The van der Waals surface area contributed by atoms with Gasteiger partial charge in [-0.1, -0.05) is 59.3 Å². The van der Waals surface area contributed by atoms with Crippen molar-refractivity contribution in [2.45, 2.75) is 57.1 Å². The Kier molecular flexibility index (Phi) is 10.6. The number of hydrogen-bond acceptors (Lipinski definition) is 7. The molecule has 1 aliphatic heterocycles. The fourth-order valence-electron chi connectivity index (χ4n) is 3.55. The van der Waals surface area contributed by atoms with E-state index in [0.29, 0.717) is 18.8 Å². The van der Waals surface area contributed by atoms with Crippen LogP contribution in [0.2, 0.25) is 0 Å². The van der Waals surface area contributed by atoms with Gasteiger partial charge in [-0.15, -0.1) is 6.58 Å². The Labute approximate surface area is 208 Å². The Morgan fingerprint density at radius 1 is 1.15 bits per heavy atom. The molecule has 0 unspecified atom stereocenters. The van der Waals surface area contributed by atoms with Crippen molar-refractivity contribution in [3.63, 3.8) is 0 Å². The zero-order valence-corrected chi connectivity index (χ0v) is 20.8. The number of carbonyl (C=O) groups is 1. The van der Waals surface area contributed by atoms with E-state index in [1.807, 2.05) is 49.4 Å². The van der Waals surface area contributed by atoms with E-state index in [0.717, 1.165) is 10.0 Å². The lowest BCUT2D eigenvalue weighted by atomic mass is 9.98. The lowest BCUT2D eigenvalue weighted by molar-refractivity contribution is -0.291. The maximum absolute atomic E-state index is 12.4. The molecule has 1 fully saturated rings. The summed E-state index contributed by atoms with van der Waals surface area (Å²) in [5.41, 5.74) is 1.00. The Morgan fingerprint density at radius 2 is 1.88 bits per heavy atom. The molecule has 0 aromatic heterocycles. The molecule has 8 heteroatoms. The number of esters is 1. The highest BCUT2D eigenvalue weighted by Gasteiger charge is 2.49. The third kappa shape index (κ3) is 7.65. The molecular weight excluding hydrogens is 504 g/mol. The quantitative estimate of drug-likeness (QED) is 0.319. The molecule has 0 bridgehead atoms. The van der Waals surface area contributed by atoms with Crippen molar-refractivity contribution in [3.05, 3.63) is 77.3 Å². The van der Waals surface area contributed by atoms with Crippen molar-refractivity contribution in [2.24, 2.45) is 0 Å². The zero-order valence-electron chi connectivity index (χ0n) is 19.2. The van der Waals surface area contributed by atoms with Crippen LogP contribution in [0.3, 0.4) is 0 Å². The van der Waals surface area contributed by atoms with Gasteiger partial charge in [-0.25, -0.2) is 0 Å². The highest BCUT2D eigenvalue weighted by atomic mass is 79.9. The van der Waals surface area contributed by atoms with Crippen molar-refractivity contribution in [1.29, 1.82) is 0 Å². The van der Waals surface area contributed by atoms with Gasteiger partial charge in [-0.2, -0.15) is 0 Å². The van der Waals surface area contributed by atoms with Gasteiger partial charge in [0.2, 0.25) is 6.29 Å². The first-order valence-electron chi connectivity index (χ1n) is 11.3. The number of rotatable bonds is 12. The van der Waals surface area contributed by atoms with Gasteiger partial charge in [-0.3, -0.25) is 4.79 Å². The van der Waals surface area contributed by atoms with E-state index in [4.69, 9.17) is 23.7 Å². The summed E-state index contributed by atoms with van der Waals surface area (Å²) >= 11 is 3.40. The molecule has 7 nitrogen and oxygen atoms in total. The van der Waals surface area contributed by atoms with Crippen LogP contribution in [0.15, 0.2) is 71.7 Å². The minimum absolute atomic E-state index is 0.0971. The van der Waals surface area contributed by atoms with Gasteiger partial charge in [-0.05, 0) is 36.2 Å². The molecule has 0 saturated carbocycles. The number of benzene rings is 2. The van der Waals surface area contributed by atoms with Crippen molar-refractivity contribution in [1.82, 2.24) is 0 Å². The minimum Gasteiger partial charge on any atom is -0.461 e. The predicted molar refractivity (Wildman–Crippen MR) is 130 cm³/mol. The Hall–Kier alpha value is -2.23. The summed E-state index contributed by atoms with van der Waals surface area (Å²) in [4.78, 5) is 12.4. The van der Waals surface area contributed by atoms with Gasteiger partial charge in [0.05, 0.1) is 19.8 Å². The van der Waals surface area contributed by atoms with Crippen LogP contribution in [0.4, 0.5) is 0 Å². The molecule has 3 rings (SSSR count). The normalized spacial score (nSPS) is 24.4. The van der Waals surface area contributed by atoms with Gasteiger partial charge in [0.25, 0.3) is 0 Å². The zero-order chi connectivity index (χ0) is 24.3. The van der Waals surface area contributed by atoms with E-state index < -0.39 is 36.7 Å². The highest BCUT2D eigenvalue weighted by Crippen LogP contribution is 2.29. The summed E-state index contributed by atoms with van der Waals surface area (Å²) in [5.74, 6) is 0.103. The molecule has 1 heterocycles. The number of hydrogen-bond donors (Lipinski definition) is 1. The smallest absolute Gasteiger partial charge is 0.306 e. The summed E-state index contributed by atoms with van der Waals surface area (Å²) in [6, 6.07) is 16.9. The molecule has 0 aliphatic carbocycles. The van der Waals surface area contributed by atoms with Crippen LogP contribution in [0.5, 0.6) is 5.75 Å². The van der Waals surface area contributed by atoms with Crippen LogP contribution >= 0.6 is 15.9 Å². The second-order valence-electron chi connectivity index (χ2n) is 7.90. The SMILES string of the molecule is C=CCO[C@H]1[C@H](O)[C@H](COCc2ccccc2)O[C@@H](Oc2ccc(Br)cc2)[C@H]1OC(=O)CCC. The van der Waals surface area contributed by atoms with Gasteiger partial charge < -0.3 is 28.8 Å². The number of ether oxygens (including phenoxy) is 5. The topological polar surface area (TPSA) is 83.5 Å². The number of halogens is 1. The standard InChI is InChI=1S/C26H31BrO7/c1-3-8-22(28)34-25-24(31-15-4-2)23(29)21(17-30-16-18-9-6-5-7-10-18)33-26(25)32-20-13-11-19(27)12-14-20/h4-7,9-14,21,23-26,29H,2-3,8,15-17H2,1H3/t21-,23+,24-,25-,26+/m0/s1. The van der Waals surface area contributed by atoms with E-state index in [-0.39, 0.29) is 19.6 Å². The molecule has 1 aliphatic rings. The third-order valence-corrected chi connectivity index (χ3v) is 5.73. The summed E-state index contributed by atoms with van der Waals surface area (Å²) in [5, 5.41) is 11.1. The van der Waals surface area contributed by atoms with E-state index >= 15 is 0 Å². The number of aliphatic hydroxyl groups excluding tert-OH is 1. The fraction of sp³-hybridized carbons (Fsp3) is 0.423. The maximum atomic E-state index is 12.4. The predicted octanol–water partition coefficient (Wildman–Crippen LogP) is 4.41. The van der Waals surface area contributed by atoms with Crippen LogP contribution in [-0.4, -0.2) is 55.0 Å². The van der Waals surface area contributed by atoms with Crippen molar-refractivity contribution in [3.8, 4) is 5.75 Å². The highest BCUT2D eigenvalue weighted by molar-refractivity contribution is 9.10. The van der Waals surface area contributed by atoms with E-state index in [1.165, 1.54) is 0 Å².